The van der Waals surface area contributed by atoms with E-state index in [0.29, 0.717) is 0 Å². The summed E-state index contributed by atoms with van der Waals surface area (Å²) in [4.78, 5) is 24.5. The number of rotatable bonds is 7. The molecule has 106 valence electrons. The number of aliphatic hydroxyl groups excluding tert-OH is 1. The molecule has 1 unspecified atom stereocenters. The minimum absolute atomic E-state index is 0.0788. The van der Waals surface area contributed by atoms with E-state index in [2.05, 4.69) is 5.32 Å². The van der Waals surface area contributed by atoms with Gasteiger partial charge in [0.1, 0.15) is 0 Å². The molecule has 0 aliphatic rings. The second-order valence-corrected chi connectivity index (χ2v) is 4.05. The number of aliphatic hydroxyl groups is 1. The van der Waals surface area contributed by atoms with Crippen LogP contribution in [0.15, 0.2) is 22.8 Å². The fraction of sp³-hybridized carbons (Fsp3) is 0.500. The maximum absolute atomic E-state index is 11.8. The van der Waals surface area contributed by atoms with Crippen LogP contribution in [0.2, 0.25) is 0 Å². The summed E-state index contributed by atoms with van der Waals surface area (Å²) in [6, 6.07) is 3.13. The molecule has 1 aromatic heterocycles. The van der Waals surface area contributed by atoms with Crippen LogP contribution in [0.1, 0.15) is 10.6 Å². The van der Waals surface area contributed by atoms with E-state index in [1.807, 2.05) is 0 Å². The van der Waals surface area contributed by atoms with Crippen LogP contribution in [0, 0.1) is 0 Å². The van der Waals surface area contributed by atoms with Crippen molar-refractivity contribution in [1.82, 2.24) is 10.2 Å². The first kappa shape index (κ1) is 15.2. The molecule has 2 N–H and O–H groups in total. The number of hydrogen-bond acceptors (Lipinski definition) is 5. The van der Waals surface area contributed by atoms with Crippen molar-refractivity contribution in [2.24, 2.45) is 0 Å². The Hall–Kier alpha value is -1.86. The molecule has 0 saturated carbocycles. The molecule has 1 aromatic rings. The molecule has 7 nitrogen and oxygen atoms in total. The Kier molecular flexibility index (Phi) is 6.04. The summed E-state index contributed by atoms with van der Waals surface area (Å²) >= 11 is 0. The highest BCUT2D eigenvalue weighted by Crippen LogP contribution is 2.03. The summed E-state index contributed by atoms with van der Waals surface area (Å²) in [5.41, 5.74) is 0. The number of carbonyl (C=O) groups is 2. The highest BCUT2D eigenvalue weighted by molar-refractivity contribution is 5.94. The molecule has 0 spiro atoms. The summed E-state index contributed by atoms with van der Waals surface area (Å²) < 4.78 is 9.67. The van der Waals surface area contributed by atoms with Gasteiger partial charge in [0.05, 0.1) is 25.5 Å². The predicted octanol–water partition coefficient (Wildman–Crippen LogP) is -0.525. The Balaban J connectivity index is 2.34. The van der Waals surface area contributed by atoms with Crippen molar-refractivity contribution in [3.63, 3.8) is 0 Å². The van der Waals surface area contributed by atoms with Gasteiger partial charge in [0.15, 0.2) is 5.76 Å². The molecular formula is C12H18N2O5. The van der Waals surface area contributed by atoms with Crippen molar-refractivity contribution < 1.29 is 23.8 Å². The number of hydrogen-bond donors (Lipinski definition) is 2. The molecule has 0 bridgehead atoms. The first-order valence-electron chi connectivity index (χ1n) is 5.77. The maximum Gasteiger partial charge on any atom is 0.289 e. The number of nitrogens with one attached hydrogen (secondary N) is 1. The molecule has 19 heavy (non-hydrogen) atoms. The van der Waals surface area contributed by atoms with Crippen LogP contribution in [0.4, 0.5) is 0 Å². The van der Waals surface area contributed by atoms with E-state index < -0.39 is 6.10 Å². The van der Waals surface area contributed by atoms with Crippen LogP contribution in [0.3, 0.4) is 0 Å². The Bertz CT molecular complexity index is 404. The number of nitrogens with zero attached hydrogens (tertiary/aromatic N) is 1. The lowest BCUT2D eigenvalue weighted by atomic mass is 10.3. The van der Waals surface area contributed by atoms with Crippen LogP contribution in [0.25, 0.3) is 0 Å². The van der Waals surface area contributed by atoms with Crippen LogP contribution in [-0.2, 0) is 9.53 Å². The zero-order chi connectivity index (χ0) is 14.3. The van der Waals surface area contributed by atoms with E-state index in [-0.39, 0.29) is 37.3 Å². The van der Waals surface area contributed by atoms with Crippen molar-refractivity contribution in [2.45, 2.75) is 6.10 Å². The number of methoxy groups -OCH3 is 1. The summed E-state index contributed by atoms with van der Waals surface area (Å²) in [5, 5.41) is 11.9. The maximum atomic E-state index is 11.8. The van der Waals surface area contributed by atoms with Crippen molar-refractivity contribution in [3.05, 3.63) is 24.2 Å². The fourth-order valence-electron chi connectivity index (χ4n) is 1.41. The SMILES string of the molecule is COCC(O)CNC(=O)CN(C)C(=O)c1ccco1. The molecule has 0 aromatic carbocycles. The summed E-state index contributed by atoms with van der Waals surface area (Å²) in [6.45, 7) is 0.107. The smallest absolute Gasteiger partial charge is 0.289 e. The lowest BCUT2D eigenvalue weighted by Gasteiger charge is -2.16. The highest BCUT2D eigenvalue weighted by Gasteiger charge is 2.17. The molecule has 2 amide bonds. The van der Waals surface area contributed by atoms with Gasteiger partial charge >= 0.3 is 0 Å². The van der Waals surface area contributed by atoms with E-state index in [0.717, 1.165) is 0 Å². The van der Waals surface area contributed by atoms with E-state index >= 15 is 0 Å². The second-order valence-electron chi connectivity index (χ2n) is 4.05. The molecule has 0 saturated heterocycles. The summed E-state index contributed by atoms with van der Waals surface area (Å²) in [5.74, 6) is -0.565. The standard InChI is InChI=1S/C12H18N2O5/c1-14(12(17)10-4-3-5-19-10)7-11(16)13-6-9(15)8-18-2/h3-5,9,15H,6-8H2,1-2H3,(H,13,16). The first-order valence-corrected chi connectivity index (χ1v) is 5.77. The third-order valence-corrected chi connectivity index (χ3v) is 2.35. The fourth-order valence-corrected chi connectivity index (χ4v) is 1.41. The molecular weight excluding hydrogens is 252 g/mol. The molecule has 1 atom stereocenters. The zero-order valence-electron chi connectivity index (χ0n) is 11.0. The minimum Gasteiger partial charge on any atom is -0.459 e. The molecule has 0 aliphatic heterocycles. The van der Waals surface area contributed by atoms with Gasteiger partial charge in [0, 0.05) is 20.7 Å². The molecule has 1 rings (SSSR count). The number of carbonyl (C=O) groups excluding carboxylic acids is 2. The van der Waals surface area contributed by atoms with Gasteiger partial charge in [-0.3, -0.25) is 9.59 Å². The van der Waals surface area contributed by atoms with E-state index in [1.165, 1.54) is 31.4 Å². The number of ether oxygens (including phenoxy) is 1. The van der Waals surface area contributed by atoms with E-state index in [9.17, 15) is 14.7 Å². The first-order chi connectivity index (χ1) is 9.04. The quantitative estimate of drug-likeness (QED) is 0.695. The number of likely N-dealkylation sites (N-methyl/N-ethyl adjacent to an activating group) is 1. The van der Waals surface area contributed by atoms with Gasteiger partial charge in [-0.1, -0.05) is 0 Å². The third kappa shape index (κ3) is 5.11. The van der Waals surface area contributed by atoms with Crippen molar-refractivity contribution in [2.75, 3.05) is 33.9 Å². The number of amides is 2. The van der Waals surface area contributed by atoms with Crippen LogP contribution < -0.4 is 5.32 Å². The van der Waals surface area contributed by atoms with Gasteiger partial charge in [0.25, 0.3) is 5.91 Å². The Labute approximate surface area is 111 Å². The van der Waals surface area contributed by atoms with Gasteiger partial charge in [-0.15, -0.1) is 0 Å². The predicted molar refractivity (Wildman–Crippen MR) is 66.6 cm³/mol. The Morgan fingerprint density at radius 1 is 1.58 bits per heavy atom. The third-order valence-electron chi connectivity index (χ3n) is 2.35. The topological polar surface area (TPSA) is 92.0 Å². The zero-order valence-corrected chi connectivity index (χ0v) is 11.0. The van der Waals surface area contributed by atoms with Gasteiger partial charge in [-0.25, -0.2) is 0 Å². The minimum atomic E-state index is -0.764. The van der Waals surface area contributed by atoms with E-state index in [1.54, 1.807) is 6.07 Å². The average Bonchev–Trinajstić information content (AvgIpc) is 2.89. The normalized spacial score (nSPS) is 11.9. The van der Waals surface area contributed by atoms with Gasteiger partial charge in [-0.2, -0.15) is 0 Å². The Morgan fingerprint density at radius 3 is 2.89 bits per heavy atom. The lowest BCUT2D eigenvalue weighted by Crippen LogP contribution is -2.41. The van der Waals surface area contributed by atoms with Crippen LogP contribution >= 0.6 is 0 Å². The van der Waals surface area contributed by atoms with Crippen molar-refractivity contribution >= 4 is 11.8 Å². The van der Waals surface area contributed by atoms with Crippen LogP contribution in [0.5, 0.6) is 0 Å². The molecule has 0 radical (unpaired) electrons. The van der Waals surface area contributed by atoms with Gasteiger partial charge in [-0.05, 0) is 12.1 Å². The monoisotopic (exact) mass is 270 g/mol. The molecule has 0 aliphatic carbocycles. The van der Waals surface area contributed by atoms with Crippen molar-refractivity contribution in [3.8, 4) is 0 Å². The molecule has 7 heteroatoms. The Morgan fingerprint density at radius 2 is 2.32 bits per heavy atom. The lowest BCUT2D eigenvalue weighted by molar-refractivity contribution is -0.122. The van der Waals surface area contributed by atoms with Crippen molar-refractivity contribution in [1.29, 1.82) is 0 Å². The molecule has 0 fully saturated rings. The average molecular weight is 270 g/mol. The summed E-state index contributed by atoms with van der Waals surface area (Å²) in [6.07, 6.45) is 0.627. The van der Waals surface area contributed by atoms with E-state index in [4.69, 9.17) is 9.15 Å². The largest absolute Gasteiger partial charge is 0.459 e. The molecule has 1 heterocycles. The van der Waals surface area contributed by atoms with Crippen LogP contribution in [-0.4, -0.2) is 61.8 Å². The van der Waals surface area contributed by atoms with Gasteiger partial charge in [0.2, 0.25) is 5.91 Å². The van der Waals surface area contributed by atoms with Gasteiger partial charge < -0.3 is 24.5 Å². The number of furan rings is 1. The second kappa shape index (κ2) is 7.55. The summed E-state index contributed by atoms with van der Waals surface area (Å²) in [7, 11) is 2.96. The highest BCUT2D eigenvalue weighted by atomic mass is 16.5.